The van der Waals surface area contributed by atoms with E-state index in [1.807, 2.05) is 19.1 Å². The Hall–Kier alpha value is -3.26. The van der Waals surface area contributed by atoms with Gasteiger partial charge in [0, 0.05) is 30.0 Å². The summed E-state index contributed by atoms with van der Waals surface area (Å²) in [7, 11) is 0. The van der Waals surface area contributed by atoms with Crippen molar-refractivity contribution in [1.82, 2.24) is 5.32 Å². The molecule has 0 saturated carbocycles. The van der Waals surface area contributed by atoms with Crippen molar-refractivity contribution in [3.63, 3.8) is 0 Å². The highest BCUT2D eigenvalue weighted by Crippen LogP contribution is 2.17. The normalized spacial score (nSPS) is 10.4. The van der Waals surface area contributed by atoms with Gasteiger partial charge in [0.2, 0.25) is 5.91 Å². The first-order valence-corrected chi connectivity index (χ1v) is 8.66. The van der Waals surface area contributed by atoms with Crippen LogP contribution in [0.5, 0.6) is 5.75 Å². The molecule has 2 rings (SSSR count). The number of rotatable bonds is 7. The molecule has 0 spiro atoms. The van der Waals surface area contributed by atoms with Gasteiger partial charge in [0.25, 0.3) is 5.69 Å². The smallest absolute Gasteiger partial charge is 0.270 e. The van der Waals surface area contributed by atoms with Crippen LogP contribution in [0.2, 0.25) is 0 Å². The predicted octanol–water partition coefficient (Wildman–Crippen LogP) is 3.91. The molecule has 0 radical (unpaired) electrons. The fraction of sp³-hybridized carbons (Fsp3) is 0.158. The standard InChI is InChI=1S/C19H19N3O4S/c1-2-11-26-17-8-4-6-15(13-17)20-19(27)21-18(23)10-9-14-5-3-7-16(12-14)22(24)25/h3-10,12-13H,2,11H2,1H3,(H2,20,21,23,27)/b10-9+. The van der Waals surface area contributed by atoms with E-state index in [-0.39, 0.29) is 10.8 Å². The van der Waals surface area contributed by atoms with Gasteiger partial charge in [-0.2, -0.15) is 0 Å². The van der Waals surface area contributed by atoms with E-state index in [1.165, 1.54) is 24.3 Å². The molecular weight excluding hydrogens is 366 g/mol. The van der Waals surface area contributed by atoms with Crippen LogP contribution in [0.25, 0.3) is 6.08 Å². The Morgan fingerprint density at radius 2 is 2.04 bits per heavy atom. The van der Waals surface area contributed by atoms with Crippen molar-refractivity contribution in [1.29, 1.82) is 0 Å². The minimum atomic E-state index is -0.491. The van der Waals surface area contributed by atoms with Crippen molar-refractivity contribution in [2.75, 3.05) is 11.9 Å². The van der Waals surface area contributed by atoms with E-state index in [2.05, 4.69) is 10.6 Å². The Bertz CT molecular complexity index is 868. The molecular formula is C19H19N3O4S. The van der Waals surface area contributed by atoms with Gasteiger partial charge in [-0.05, 0) is 42.4 Å². The molecule has 0 bridgehead atoms. The van der Waals surface area contributed by atoms with Crippen LogP contribution in [-0.2, 0) is 4.79 Å². The van der Waals surface area contributed by atoms with Crippen molar-refractivity contribution in [2.45, 2.75) is 13.3 Å². The average Bonchev–Trinajstić information content (AvgIpc) is 2.65. The number of nitrogens with one attached hydrogen (secondary N) is 2. The van der Waals surface area contributed by atoms with Gasteiger partial charge in [-0.1, -0.05) is 25.1 Å². The van der Waals surface area contributed by atoms with E-state index in [0.717, 1.165) is 6.42 Å². The summed E-state index contributed by atoms with van der Waals surface area (Å²) in [6.45, 7) is 2.64. The lowest BCUT2D eigenvalue weighted by molar-refractivity contribution is -0.384. The second-order valence-corrected chi connectivity index (χ2v) is 5.91. The third kappa shape index (κ3) is 6.87. The van der Waals surface area contributed by atoms with Crippen molar-refractivity contribution in [3.8, 4) is 5.75 Å². The quantitative estimate of drug-likeness (QED) is 0.325. The van der Waals surface area contributed by atoms with Gasteiger partial charge in [0.05, 0.1) is 11.5 Å². The zero-order valence-corrected chi connectivity index (χ0v) is 15.5. The lowest BCUT2D eigenvalue weighted by Gasteiger charge is -2.10. The van der Waals surface area contributed by atoms with Gasteiger partial charge in [-0.15, -0.1) is 0 Å². The van der Waals surface area contributed by atoms with Gasteiger partial charge < -0.3 is 10.1 Å². The number of anilines is 1. The number of amides is 1. The highest BCUT2D eigenvalue weighted by molar-refractivity contribution is 7.80. The highest BCUT2D eigenvalue weighted by Gasteiger charge is 2.05. The zero-order valence-electron chi connectivity index (χ0n) is 14.7. The number of non-ortho nitro benzene ring substituents is 1. The van der Waals surface area contributed by atoms with E-state index in [1.54, 1.807) is 24.3 Å². The maximum Gasteiger partial charge on any atom is 0.270 e. The molecule has 2 aromatic rings. The summed E-state index contributed by atoms with van der Waals surface area (Å²) in [4.78, 5) is 22.2. The Labute approximate surface area is 162 Å². The largest absolute Gasteiger partial charge is 0.494 e. The number of thiocarbonyl (C=S) groups is 1. The molecule has 1 amide bonds. The predicted molar refractivity (Wildman–Crippen MR) is 109 cm³/mol. The van der Waals surface area contributed by atoms with Crippen molar-refractivity contribution in [2.24, 2.45) is 0 Å². The lowest BCUT2D eigenvalue weighted by atomic mass is 10.2. The summed E-state index contributed by atoms with van der Waals surface area (Å²) < 4.78 is 5.54. The van der Waals surface area contributed by atoms with Gasteiger partial charge in [0.15, 0.2) is 5.11 Å². The number of carbonyl (C=O) groups excluding carboxylic acids is 1. The second kappa shape index (κ2) is 10.0. The van der Waals surface area contributed by atoms with Crippen LogP contribution in [0.1, 0.15) is 18.9 Å². The molecule has 7 nitrogen and oxygen atoms in total. The molecule has 2 aromatic carbocycles. The molecule has 0 aromatic heterocycles. The second-order valence-electron chi connectivity index (χ2n) is 5.51. The van der Waals surface area contributed by atoms with Gasteiger partial charge in [0.1, 0.15) is 5.75 Å². The van der Waals surface area contributed by atoms with Crippen LogP contribution in [0.3, 0.4) is 0 Å². The fourth-order valence-electron chi connectivity index (χ4n) is 2.11. The molecule has 0 saturated heterocycles. The molecule has 0 atom stereocenters. The minimum absolute atomic E-state index is 0.0417. The van der Waals surface area contributed by atoms with Crippen molar-refractivity contribution < 1.29 is 14.5 Å². The number of nitro groups is 1. The molecule has 8 heteroatoms. The van der Waals surface area contributed by atoms with E-state index in [9.17, 15) is 14.9 Å². The first-order valence-electron chi connectivity index (χ1n) is 8.25. The van der Waals surface area contributed by atoms with Crippen LogP contribution in [0, 0.1) is 10.1 Å². The number of hydrogen-bond donors (Lipinski definition) is 2. The van der Waals surface area contributed by atoms with Gasteiger partial charge >= 0.3 is 0 Å². The number of nitro benzene ring substituents is 1. The summed E-state index contributed by atoms with van der Waals surface area (Å²) in [5.41, 5.74) is 1.19. The molecule has 2 N–H and O–H groups in total. The van der Waals surface area contributed by atoms with Gasteiger partial charge in [-0.25, -0.2) is 0 Å². The van der Waals surface area contributed by atoms with E-state index in [0.29, 0.717) is 23.6 Å². The minimum Gasteiger partial charge on any atom is -0.494 e. The maximum atomic E-state index is 12.0. The van der Waals surface area contributed by atoms with E-state index in [4.69, 9.17) is 17.0 Å². The topological polar surface area (TPSA) is 93.5 Å². The number of benzene rings is 2. The van der Waals surface area contributed by atoms with Gasteiger partial charge in [-0.3, -0.25) is 20.2 Å². The van der Waals surface area contributed by atoms with E-state index < -0.39 is 10.8 Å². The lowest BCUT2D eigenvalue weighted by Crippen LogP contribution is -2.32. The zero-order chi connectivity index (χ0) is 19.6. The third-order valence-corrected chi connectivity index (χ3v) is 3.51. The Morgan fingerprint density at radius 1 is 1.26 bits per heavy atom. The fourth-order valence-corrected chi connectivity index (χ4v) is 2.33. The van der Waals surface area contributed by atoms with Crippen LogP contribution < -0.4 is 15.4 Å². The number of carbonyl (C=O) groups is 1. The van der Waals surface area contributed by atoms with Crippen LogP contribution in [0.4, 0.5) is 11.4 Å². The number of ether oxygens (including phenoxy) is 1. The average molecular weight is 385 g/mol. The molecule has 0 aliphatic heterocycles. The summed E-state index contributed by atoms with van der Waals surface area (Å²) in [5.74, 6) is 0.263. The van der Waals surface area contributed by atoms with Crippen LogP contribution >= 0.6 is 12.2 Å². The highest BCUT2D eigenvalue weighted by atomic mass is 32.1. The molecule has 0 heterocycles. The summed E-state index contributed by atoms with van der Waals surface area (Å²) >= 11 is 5.12. The Balaban J connectivity index is 1.91. The molecule has 140 valence electrons. The van der Waals surface area contributed by atoms with Crippen molar-refractivity contribution in [3.05, 3.63) is 70.3 Å². The SMILES string of the molecule is CCCOc1cccc(NC(=S)NC(=O)/C=C/c2cccc([N+](=O)[O-])c2)c1. The maximum absolute atomic E-state index is 12.0. The summed E-state index contributed by atoms with van der Waals surface area (Å²) in [5, 5.41) is 16.3. The molecule has 0 aliphatic carbocycles. The molecule has 27 heavy (non-hydrogen) atoms. The first kappa shape index (κ1) is 20.1. The molecule has 0 fully saturated rings. The van der Waals surface area contributed by atoms with Crippen LogP contribution in [-0.4, -0.2) is 22.5 Å². The van der Waals surface area contributed by atoms with Crippen LogP contribution in [0.15, 0.2) is 54.6 Å². The number of hydrogen-bond acceptors (Lipinski definition) is 5. The van der Waals surface area contributed by atoms with E-state index >= 15 is 0 Å². The third-order valence-electron chi connectivity index (χ3n) is 3.31. The van der Waals surface area contributed by atoms with Crippen molar-refractivity contribution >= 4 is 40.7 Å². The summed E-state index contributed by atoms with van der Waals surface area (Å²) in [6.07, 6.45) is 3.64. The summed E-state index contributed by atoms with van der Waals surface area (Å²) in [6, 6.07) is 13.2. The number of nitrogens with zero attached hydrogens (tertiary/aromatic N) is 1. The molecule has 0 aliphatic rings. The first-order chi connectivity index (χ1) is 13.0. The molecule has 0 unspecified atom stereocenters. The Kier molecular flexibility index (Phi) is 7.45. The Morgan fingerprint density at radius 3 is 2.78 bits per heavy atom. The monoisotopic (exact) mass is 385 g/mol.